The lowest BCUT2D eigenvalue weighted by Crippen LogP contribution is -2.46. The van der Waals surface area contributed by atoms with Gasteiger partial charge in [-0.3, -0.25) is 4.79 Å². The quantitative estimate of drug-likeness (QED) is 0.859. The molecule has 1 aliphatic carbocycles. The van der Waals surface area contributed by atoms with Crippen molar-refractivity contribution in [2.45, 2.75) is 46.6 Å². The molecule has 3 heteroatoms. The molecular weight excluding hydrogens is 248 g/mol. The molecule has 0 spiro atoms. The largest absolute Gasteiger partial charge is 0.337 e. The molecule has 1 N–H and O–H groups in total. The number of hydrogen-bond acceptors (Lipinski definition) is 2. The van der Waals surface area contributed by atoms with Gasteiger partial charge in [-0.15, -0.1) is 0 Å². The molecule has 1 aliphatic heterocycles. The third-order valence-electron chi connectivity index (χ3n) is 4.69. The fourth-order valence-electron chi connectivity index (χ4n) is 3.14. The lowest BCUT2D eigenvalue weighted by atomic mass is 9.85. The number of amides is 1. The Labute approximate surface area is 123 Å². The van der Waals surface area contributed by atoms with Gasteiger partial charge in [0.2, 0.25) is 5.91 Å². The van der Waals surface area contributed by atoms with Gasteiger partial charge in [0.1, 0.15) is 0 Å². The van der Waals surface area contributed by atoms with Crippen LogP contribution in [0.4, 0.5) is 0 Å². The van der Waals surface area contributed by atoms with E-state index in [-0.39, 0.29) is 22.8 Å². The maximum Gasteiger partial charge on any atom is 0.240 e. The van der Waals surface area contributed by atoms with E-state index in [2.05, 4.69) is 56.1 Å². The van der Waals surface area contributed by atoms with Crippen LogP contribution in [-0.2, 0) is 4.79 Å². The second kappa shape index (κ2) is 5.36. The minimum atomic E-state index is -0.0325. The van der Waals surface area contributed by atoms with Gasteiger partial charge in [0, 0.05) is 18.5 Å². The van der Waals surface area contributed by atoms with Crippen LogP contribution in [0.5, 0.6) is 0 Å². The Bertz CT molecular complexity index is 446. The van der Waals surface area contributed by atoms with Gasteiger partial charge < -0.3 is 10.2 Å². The number of rotatable bonds is 3. The minimum absolute atomic E-state index is 0.0325. The van der Waals surface area contributed by atoms with Crippen molar-refractivity contribution in [2.75, 3.05) is 20.1 Å². The molecule has 0 radical (unpaired) electrons. The summed E-state index contributed by atoms with van der Waals surface area (Å²) in [5, 5.41) is 3.18. The zero-order valence-electron chi connectivity index (χ0n) is 13.5. The van der Waals surface area contributed by atoms with E-state index in [0.717, 1.165) is 25.9 Å². The Kier molecular flexibility index (Phi) is 4.10. The summed E-state index contributed by atoms with van der Waals surface area (Å²) < 4.78 is 0. The summed E-state index contributed by atoms with van der Waals surface area (Å²) in [5.74, 6) is 0.252. The fourth-order valence-corrected chi connectivity index (χ4v) is 3.14. The molecule has 0 aromatic carbocycles. The van der Waals surface area contributed by atoms with Gasteiger partial charge in [-0.2, -0.15) is 0 Å². The van der Waals surface area contributed by atoms with Crippen molar-refractivity contribution in [2.24, 2.45) is 10.8 Å². The molecule has 1 fully saturated rings. The van der Waals surface area contributed by atoms with Crippen LogP contribution in [0.2, 0.25) is 0 Å². The SMILES string of the molecule is CNC1CCC(C)(C)CN(CC2=CC=CC2(C)C)C1=O. The van der Waals surface area contributed by atoms with Crippen molar-refractivity contribution in [3.05, 3.63) is 23.8 Å². The fraction of sp³-hybridized carbons (Fsp3) is 0.706. The van der Waals surface area contributed by atoms with E-state index >= 15 is 0 Å². The van der Waals surface area contributed by atoms with Gasteiger partial charge in [-0.25, -0.2) is 0 Å². The van der Waals surface area contributed by atoms with Crippen LogP contribution >= 0.6 is 0 Å². The van der Waals surface area contributed by atoms with Crippen LogP contribution in [0.25, 0.3) is 0 Å². The van der Waals surface area contributed by atoms with Crippen LogP contribution in [0.1, 0.15) is 40.5 Å². The molecule has 112 valence electrons. The number of nitrogens with zero attached hydrogens (tertiary/aromatic N) is 1. The molecule has 0 aromatic rings. The molecule has 1 atom stereocenters. The predicted octanol–water partition coefficient (Wildman–Crippen LogP) is 2.75. The van der Waals surface area contributed by atoms with Crippen molar-refractivity contribution in [3.63, 3.8) is 0 Å². The number of carbonyl (C=O) groups excluding carboxylic acids is 1. The van der Waals surface area contributed by atoms with Gasteiger partial charge in [-0.1, -0.05) is 45.9 Å². The first-order valence-corrected chi connectivity index (χ1v) is 7.60. The Morgan fingerprint density at radius 3 is 2.60 bits per heavy atom. The number of likely N-dealkylation sites (N-methyl/N-ethyl adjacent to an activating group) is 1. The summed E-state index contributed by atoms with van der Waals surface area (Å²) in [7, 11) is 1.89. The summed E-state index contributed by atoms with van der Waals surface area (Å²) in [6, 6.07) is -0.0325. The number of hydrogen-bond donors (Lipinski definition) is 1. The topological polar surface area (TPSA) is 32.3 Å². The number of carbonyl (C=O) groups is 1. The average Bonchev–Trinajstić information content (AvgIpc) is 2.62. The van der Waals surface area contributed by atoms with Crippen LogP contribution in [0.15, 0.2) is 23.8 Å². The molecule has 0 saturated carbocycles. The monoisotopic (exact) mass is 276 g/mol. The van der Waals surface area contributed by atoms with E-state index < -0.39 is 0 Å². The van der Waals surface area contributed by atoms with Crippen molar-refractivity contribution in [3.8, 4) is 0 Å². The van der Waals surface area contributed by atoms with Crippen LogP contribution in [0, 0.1) is 10.8 Å². The molecule has 0 bridgehead atoms. The maximum absolute atomic E-state index is 12.7. The number of likely N-dealkylation sites (tertiary alicyclic amines) is 1. The Morgan fingerprint density at radius 1 is 1.35 bits per heavy atom. The molecule has 3 nitrogen and oxygen atoms in total. The number of allylic oxidation sites excluding steroid dienone is 3. The summed E-state index contributed by atoms with van der Waals surface area (Å²) in [4.78, 5) is 14.7. The zero-order valence-corrected chi connectivity index (χ0v) is 13.5. The van der Waals surface area contributed by atoms with Crippen molar-refractivity contribution < 1.29 is 4.79 Å². The molecule has 1 unspecified atom stereocenters. The van der Waals surface area contributed by atoms with Gasteiger partial charge in [0.05, 0.1) is 6.04 Å². The second-order valence-corrected chi connectivity index (χ2v) is 7.51. The van der Waals surface area contributed by atoms with E-state index in [1.54, 1.807) is 0 Å². The molecule has 20 heavy (non-hydrogen) atoms. The standard InChI is InChI=1S/C17H28N2O/c1-16(2)10-8-14(18-5)15(20)19(12-16)11-13-7-6-9-17(13,3)4/h6-7,9,14,18H,8,10-12H2,1-5H3. The highest BCUT2D eigenvalue weighted by Gasteiger charge is 2.35. The average molecular weight is 276 g/mol. The lowest BCUT2D eigenvalue weighted by molar-refractivity contribution is -0.133. The van der Waals surface area contributed by atoms with E-state index in [1.807, 2.05) is 7.05 Å². The van der Waals surface area contributed by atoms with Crippen molar-refractivity contribution in [1.29, 1.82) is 0 Å². The van der Waals surface area contributed by atoms with E-state index in [1.165, 1.54) is 5.57 Å². The highest BCUT2D eigenvalue weighted by atomic mass is 16.2. The maximum atomic E-state index is 12.7. The third kappa shape index (κ3) is 3.14. The lowest BCUT2D eigenvalue weighted by Gasteiger charge is -2.33. The van der Waals surface area contributed by atoms with Crippen LogP contribution in [0.3, 0.4) is 0 Å². The molecular formula is C17H28N2O. The van der Waals surface area contributed by atoms with Crippen molar-refractivity contribution >= 4 is 5.91 Å². The first kappa shape index (κ1) is 15.3. The Morgan fingerprint density at radius 2 is 2.05 bits per heavy atom. The summed E-state index contributed by atoms with van der Waals surface area (Å²) in [6.45, 7) is 10.5. The normalized spacial score (nSPS) is 28.4. The Hall–Kier alpha value is -1.09. The highest BCUT2D eigenvalue weighted by Crippen LogP contribution is 2.35. The Balaban J connectivity index is 2.17. The third-order valence-corrected chi connectivity index (χ3v) is 4.69. The van der Waals surface area contributed by atoms with Gasteiger partial charge in [0.15, 0.2) is 0 Å². The first-order chi connectivity index (χ1) is 9.25. The van der Waals surface area contributed by atoms with Crippen LogP contribution < -0.4 is 5.32 Å². The van der Waals surface area contributed by atoms with E-state index in [0.29, 0.717) is 0 Å². The zero-order chi connectivity index (χ0) is 15.0. The molecule has 2 aliphatic rings. The minimum Gasteiger partial charge on any atom is -0.337 e. The highest BCUT2D eigenvalue weighted by molar-refractivity contribution is 5.82. The van der Waals surface area contributed by atoms with Crippen molar-refractivity contribution in [1.82, 2.24) is 10.2 Å². The summed E-state index contributed by atoms with van der Waals surface area (Å²) in [5.41, 5.74) is 1.60. The van der Waals surface area contributed by atoms with Crippen LogP contribution in [-0.4, -0.2) is 37.0 Å². The van der Waals surface area contributed by atoms with Gasteiger partial charge in [-0.05, 0) is 30.9 Å². The van der Waals surface area contributed by atoms with Gasteiger partial charge in [0.25, 0.3) is 0 Å². The molecule has 1 amide bonds. The van der Waals surface area contributed by atoms with E-state index in [9.17, 15) is 4.79 Å². The van der Waals surface area contributed by atoms with Gasteiger partial charge >= 0.3 is 0 Å². The molecule has 2 rings (SSSR count). The molecule has 0 aromatic heterocycles. The first-order valence-electron chi connectivity index (χ1n) is 7.60. The summed E-state index contributed by atoms with van der Waals surface area (Å²) in [6.07, 6.45) is 8.50. The molecule has 1 saturated heterocycles. The summed E-state index contributed by atoms with van der Waals surface area (Å²) >= 11 is 0. The predicted molar refractivity (Wildman–Crippen MR) is 83.4 cm³/mol. The smallest absolute Gasteiger partial charge is 0.240 e. The molecule has 1 heterocycles. The number of nitrogens with one attached hydrogen (secondary N) is 1. The van der Waals surface area contributed by atoms with E-state index in [4.69, 9.17) is 0 Å². The second-order valence-electron chi connectivity index (χ2n) is 7.51.